The van der Waals surface area contributed by atoms with Gasteiger partial charge in [0.15, 0.2) is 0 Å². The fourth-order valence-corrected chi connectivity index (χ4v) is 2.10. The van der Waals surface area contributed by atoms with Crippen molar-refractivity contribution in [1.29, 1.82) is 0 Å². The highest BCUT2D eigenvalue weighted by Crippen LogP contribution is 2.08. The number of piperidine rings is 1. The summed E-state index contributed by atoms with van der Waals surface area (Å²) in [7, 11) is 0. The lowest BCUT2D eigenvalue weighted by atomic mass is 10.1. The molecule has 0 radical (unpaired) electrons. The molecule has 2 rings (SSSR count). The number of cyclic esters (lactones) is 1. The smallest absolute Gasteiger partial charge is 0.409 e. The number of hydrogen-bond donors (Lipinski definition) is 1. The third-order valence-corrected chi connectivity index (χ3v) is 3.06. The SMILES string of the molecule is O=C1OCCN1CCCOC1CCNCC1. The first-order valence-corrected chi connectivity index (χ1v) is 6.10. The molecular formula is C11H20N2O3. The molecule has 1 N–H and O–H groups in total. The van der Waals surface area contributed by atoms with E-state index in [-0.39, 0.29) is 6.09 Å². The molecule has 5 nitrogen and oxygen atoms in total. The highest BCUT2D eigenvalue weighted by Gasteiger charge is 2.21. The molecule has 0 aromatic carbocycles. The van der Waals surface area contributed by atoms with Crippen LogP contribution in [-0.2, 0) is 9.47 Å². The molecule has 2 saturated heterocycles. The van der Waals surface area contributed by atoms with E-state index in [0.717, 1.165) is 52.0 Å². The first kappa shape index (κ1) is 11.7. The molecule has 0 unspecified atom stereocenters. The number of carbonyl (C=O) groups excluding carboxylic acids is 1. The molecule has 92 valence electrons. The van der Waals surface area contributed by atoms with Gasteiger partial charge in [0, 0.05) is 13.2 Å². The summed E-state index contributed by atoms with van der Waals surface area (Å²) in [5.41, 5.74) is 0. The predicted octanol–water partition coefficient (Wildman–Crippen LogP) is 0.597. The van der Waals surface area contributed by atoms with E-state index in [4.69, 9.17) is 9.47 Å². The van der Waals surface area contributed by atoms with Gasteiger partial charge in [0.2, 0.25) is 0 Å². The number of amides is 1. The Morgan fingerprint density at radius 1 is 1.44 bits per heavy atom. The molecule has 2 aliphatic rings. The standard InChI is InChI=1S/C11H20N2O3/c14-11-13(7-9-16-11)6-1-8-15-10-2-4-12-5-3-10/h10,12H,1-9H2. The lowest BCUT2D eigenvalue weighted by Crippen LogP contribution is -2.33. The van der Waals surface area contributed by atoms with Crippen LogP contribution in [0.25, 0.3) is 0 Å². The average molecular weight is 228 g/mol. The fourth-order valence-electron chi connectivity index (χ4n) is 2.10. The molecule has 0 bridgehead atoms. The molecule has 2 heterocycles. The van der Waals surface area contributed by atoms with Crippen LogP contribution in [-0.4, -0.2) is 56.5 Å². The van der Waals surface area contributed by atoms with E-state index >= 15 is 0 Å². The second-order valence-corrected chi connectivity index (χ2v) is 4.28. The largest absolute Gasteiger partial charge is 0.448 e. The van der Waals surface area contributed by atoms with Crippen LogP contribution in [0, 0.1) is 0 Å². The number of rotatable bonds is 5. The first-order valence-electron chi connectivity index (χ1n) is 6.10. The Morgan fingerprint density at radius 3 is 2.94 bits per heavy atom. The van der Waals surface area contributed by atoms with Gasteiger partial charge in [-0.15, -0.1) is 0 Å². The van der Waals surface area contributed by atoms with Crippen molar-refractivity contribution in [1.82, 2.24) is 10.2 Å². The normalized spacial score (nSPS) is 22.5. The van der Waals surface area contributed by atoms with Gasteiger partial charge in [-0.25, -0.2) is 4.79 Å². The maximum absolute atomic E-state index is 11.1. The van der Waals surface area contributed by atoms with Crippen LogP contribution in [0.5, 0.6) is 0 Å². The second kappa shape index (κ2) is 6.06. The Morgan fingerprint density at radius 2 is 2.25 bits per heavy atom. The Labute approximate surface area is 96.1 Å². The summed E-state index contributed by atoms with van der Waals surface area (Å²) in [6.45, 7) is 4.88. The molecule has 0 saturated carbocycles. The van der Waals surface area contributed by atoms with Crippen molar-refractivity contribution in [3.63, 3.8) is 0 Å². The Balaban J connectivity index is 1.52. The van der Waals surface area contributed by atoms with Gasteiger partial charge in [-0.3, -0.25) is 0 Å². The minimum absolute atomic E-state index is 0.179. The van der Waals surface area contributed by atoms with E-state index in [9.17, 15) is 4.79 Å². The van der Waals surface area contributed by atoms with Gasteiger partial charge in [0.1, 0.15) is 6.61 Å². The van der Waals surface area contributed by atoms with Crippen molar-refractivity contribution in [2.75, 3.05) is 39.4 Å². The fraction of sp³-hybridized carbons (Fsp3) is 0.909. The molecule has 16 heavy (non-hydrogen) atoms. The van der Waals surface area contributed by atoms with Gasteiger partial charge in [0.25, 0.3) is 0 Å². The van der Waals surface area contributed by atoms with Gasteiger partial charge >= 0.3 is 6.09 Å². The maximum Gasteiger partial charge on any atom is 0.409 e. The van der Waals surface area contributed by atoms with Gasteiger partial charge in [-0.1, -0.05) is 0 Å². The molecule has 5 heteroatoms. The van der Waals surface area contributed by atoms with Crippen molar-refractivity contribution in [2.45, 2.75) is 25.4 Å². The zero-order chi connectivity index (χ0) is 11.2. The summed E-state index contributed by atoms with van der Waals surface area (Å²) in [4.78, 5) is 12.9. The Bertz CT molecular complexity index is 229. The lowest BCUT2D eigenvalue weighted by Gasteiger charge is -2.23. The quantitative estimate of drug-likeness (QED) is 0.700. The van der Waals surface area contributed by atoms with Crippen molar-refractivity contribution in [3.8, 4) is 0 Å². The molecule has 0 aliphatic carbocycles. The average Bonchev–Trinajstić information content (AvgIpc) is 2.72. The zero-order valence-corrected chi connectivity index (χ0v) is 9.61. The monoisotopic (exact) mass is 228 g/mol. The second-order valence-electron chi connectivity index (χ2n) is 4.28. The maximum atomic E-state index is 11.1. The zero-order valence-electron chi connectivity index (χ0n) is 9.61. The van der Waals surface area contributed by atoms with E-state index < -0.39 is 0 Å². The molecule has 2 aliphatic heterocycles. The molecule has 0 aromatic rings. The molecule has 0 atom stereocenters. The third-order valence-electron chi connectivity index (χ3n) is 3.06. The van der Waals surface area contributed by atoms with Crippen LogP contribution in [0.2, 0.25) is 0 Å². The number of carbonyl (C=O) groups is 1. The highest BCUT2D eigenvalue weighted by atomic mass is 16.6. The van der Waals surface area contributed by atoms with Crippen molar-refractivity contribution in [2.24, 2.45) is 0 Å². The van der Waals surface area contributed by atoms with E-state index in [1.807, 2.05) is 0 Å². The van der Waals surface area contributed by atoms with E-state index in [2.05, 4.69) is 5.32 Å². The Kier molecular flexibility index (Phi) is 4.42. The van der Waals surface area contributed by atoms with Crippen LogP contribution >= 0.6 is 0 Å². The van der Waals surface area contributed by atoms with Crippen LogP contribution in [0.15, 0.2) is 0 Å². The van der Waals surface area contributed by atoms with Gasteiger partial charge in [-0.05, 0) is 32.4 Å². The number of nitrogens with one attached hydrogen (secondary N) is 1. The minimum Gasteiger partial charge on any atom is -0.448 e. The summed E-state index contributed by atoms with van der Waals surface area (Å²) in [6, 6.07) is 0. The number of ether oxygens (including phenoxy) is 2. The van der Waals surface area contributed by atoms with Crippen molar-refractivity contribution < 1.29 is 14.3 Å². The lowest BCUT2D eigenvalue weighted by molar-refractivity contribution is 0.0293. The predicted molar refractivity (Wildman–Crippen MR) is 59.4 cm³/mol. The summed E-state index contributed by atoms with van der Waals surface area (Å²) in [5.74, 6) is 0. The van der Waals surface area contributed by atoms with Gasteiger partial charge in [-0.2, -0.15) is 0 Å². The molecule has 2 fully saturated rings. The summed E-state index contributed by atoms with van der Waals surface area (Å²) >= 11 is 0. The third kappa shape index (κ3) is 3.35. The van der Waals surface area contributed by atoms with E-state index in [1.54, 1.807) is 4.90 Å². The molecular weight excluding hydrogens is 208 g/mol. The first-order chi connectivity index (χ1) is 7.86. The molecule has 0 spiro atoms. The van der Waals surface area contributed by atoms with Gasteiger partial charge < -0.3 is 19.7 Å². The van der Waals surface area contributed by atoms with E-state index in [0.29, 0.717) is 12.7 Å². The van der Waals surface area contributed by atoms with Crippen LogP contribution in [0.1, 0.15) is 19.3 Å². The number of hydrogen-bond acceptors (Lipinski definition) is 4. The van der Waals surface area contributed by atoms with Crippen LogP contribution in [0.3, 0.4) is 0 Å². The summed E-state index contributed by atoms with van der Waals surface area (Å²) in [5, 5.41) is 3.31. The van der Waals surface area contributed by atoms with Crippen LogP contribution in [0.4, 0.5) is 4.79 Å². The van der Waals surface area contributed by atoms with E-state index in [1.165, 1.54) is 0 Å². The Hall–Kier alpha value is -0.810. The topological polar surface area (TPSA) is 50.8 Å². The number of nitrogens with zero attached hydrogens (tertiary/aromatic N) is 1. The highest BCUT2D eigenvalue weighted by molar-refractivity contribution is 5.69. The van der Waals surface area contributed by atoms with Crippen molar-refractivity contribution >= 4 is 6.09 Å². The summed E-state index contributed by atoms with van der Waals surface area (Å²) < 4.78 is 10.6. The molecule has 1 amide bonds. The summed E-state index contributed by atoms with van der Waals surface area (Å²) in [6.07, 6.45) is 3.34. The van der Waals surface area contributed by atoms with Gasteiger partial charge in [0.05, 0.1) is 12.6 Å². The minimum atomic E-state index is -0.179. The molecule has 0 aromatic heterocycles. The van der Waals surface area contributed by atoms with Crippen molar-refractivity contribution in [3.05, 3.63) is 0 Å². The van der Waals surface area contributed by atoms with Crippen LogP contribution < -0.4 is 5.32 Å².